The van der Waals surface area contributed by atoms with Crippen LogP contribution in [0, 0.1) is 11.7 Å². The highest BCUT2D eigenvalue weighted by Crippen LogP contribution is 2.32. The molecule has 0 atom stereocenters. The summed E-state index contributed by atoms with van der Waals surface area (Å²) < 4.78 is 24.0. The van der Waals surface area contributed by atoms with Crippen LogP contribution in [0.1, 0.15) is 19.4 Å². The van der Waals surface area contributed by atoms with E-state index in [1.807, 2.05) is 0 Å². The van der Waals surface area contributed by atoms with Gasteiger partial charge in [0.15, 0.2) is 0 Å². The molecular weight excluding hydrogens is 247 g/mol. The molecule has 0 amide bonds. The van der Waals surface area contributed by atoms with Crippen molar-refractivity contribution < 1.29 is 13.7 Å². The number of aromatic nitrogens is 1. The zero-order chi connectivity index (χ0) is 14.0. The first-order valence-corrected chi connectivity index (χ1v) is 6.10. The molecule has 19 heavy (non-hydrogen) atoms. The summed E-state index contributed by atoms with van der Waals surface area (Å²) in [6.07, 6.45) is 0.691. The van der Waals surface area contributed by atoms with E-state index in [2.05, 4.69) is 19.0 Å². The molecule has 102 valence electrons. The Labute approximate surface area is 111 Å². The lowest BCUT2D eigenvalue weighted by Gasteiger charge is -2.07. The molecule has 0 spiro atoms. The zero-order valence-corrected chi connectivity index (χ0v) is 11.2. The molecule has 0 unspecified atom stereocenters. The molecule has 5 heteroatoms. The van der Waals surface area contributed by atoms with Crippen LogP contribution in [-0.4, -0.2) is 12.3 Å². The Morgan fingerprint density at radius 3 is 2.74 bits per heavy atom. The summed E-state index contributed by atoms with van der Waals surface area (Å²) in [4.78, 5) is 0. The van der Waals surface area contributed by atoms with Crippen LogP contribution in [0.4, 0.5) is 10.3 Å². The fraction of sp³-hybridized carbons (Fsp3) is 0.357. The summed E-state index contributed by atoms with van der Waals surface area (Å²) in [5, 5.41) is 3.87. The Bertz CT molecular complexity index is 579. The summed E-state index contributed by atoms with van der Waals surface area (Å²) in [7, 11) is 1.49. The fourth-order valence-corrected chi connectivity index (χ4v) is 1.95. The largest absolute Gasteiger partial charge is 0.497 e. The Morgan fingerprint density at radius 1 is 1.42 bits per heavy atom. The summed E-state index contributed by atoms with van der Waals surface area (Å²) >= 11 is 0. The van der Waals surface area contributed by atoms with Gasteiger partial charge >= 0.3 is 0 Å². The first-order chi connectivity index (χ1) is 9.02. The Morgan fingerprint density at radius 2 is 2.16 bits per heavy atom. The standard InChI is InChI=1S/C14H17FN2O2/c1-8(2)6-11-13(17-19-14(11)16)10-5-4-9(18-3)7-12(10)15/h4-5,7-8H,6,16H2,1-3H3. The van der Waals surface area contributed by atoms with Crippen molar-refractivity contribution in [3.8, 4) is 17.0 Å². The number of benzene rings is 1. The number of nitrogen functional groups attached to an aromatic ring is 1. The second kappa shape index (κ2) is 5.30. The van der Waals surface area contributed by atoms with Gasteiger partial charge in [-0.05, 0) is 24.5 Å². The van der Waals surface area contributed by atoms with Gasteiger partial charge < -0.3 is 15.0 Å². The first kappa shape index (κ1) is 13.4. The maximum Gasteiger partial charge on any atom is 0.225 e. The number of nitrogens with zero attached hydrogens (tertiary/aromatic N) is 1. The molecule has 0 saturated heterocycles. The predicted molar refractivity (Wildman–Crippen MR) is 71.4 cm³/mol. The van der Waals surface area contributed by atoms with Crippen molar-refractivity contribution in [1.82, 2.24) is 5.16 Å². The molecule has 0 bridgehead atoms. The third-order valence-electron chi connectivity index (χ3n) is 2.86. The van der Waals surface area contributed by atoms with E-state index in [1.165, 1.54) is 13.2 Å². The Balaban J connectivity index is 2.47. The SMILES string of the molecule is COc1ccc(-c2noc(N)c2CC(C)C)c(F)c1. The third kappa shape index (κ3) is 2.70. The van der Waals surface area contributed by atoms with E-state index in [1.54, 1.807) is 12.1 Å². The van der Waals surface area contributed by atoms with E-state index >= 15 is 0 Å². The van der Waals surface area contributed by atoms with Crippen molar-refractivity contribution >= 4 is 5.88 Å². The van der Waals surface area contributed by atoms with E-state index < -0.39 is 5.82 Å². The highest BCUT2D eigenvalue weighted by molar-refractivity contribution is 5.68. The Kier molecular flexibility index (Phi) is 3.74. The van der Waals surface area contributed by atoms with Crippen molar-refractivity contribution in [2.24, 2.45) is 5.92 Å². The molecule has 2 aromatic rings. The summed E-state index contributed by atoms with van der Waals surface area (Å²) in [5.74, 6) is 0.682. The van der Waals surface area contributed by atoms with E-state index in [0.717, 1.165) is 5.56 Å². The van der Waals surface area contributed by atoms with E-state index in [9.17, 15) is 4.39 Å². The van der Waals surface area contributed by atoms with E-state index in [0.29, 0.717) is 29.3 Å². The molecule has 2 N–H and O–H groups in total. The van der Waals surface area contributed by atoms with Crippen molar-refractivity contribution in [2.75, 3.05) is 12.8 Å². The summed E-state index contributed by atoms with van der Waals surface area (Å²) in [5.41, 5.74) is 7.34. The zero-order valence-electron chi connectivity index (χ0n) is 11.2. The molecule has 4 nitrogen and oxygen atoms in total. The second-order valence-corrected chi connectivity index (χ2v) is 4.82. The molecule has 0 fully saturated rings. The van der Waals surface area contributed by atoms with Gasteiger partial charge in [-0.2, -0.15) is 0 Å². The maximum absolute atomic E-state index is 14.0. The van der Waals surface area contributed by atoms with Crippen LogP contribution < -0.4 is 10.5 Å². The highest BCUT2D eigenvalue weighted by atomic mass is 19.1. The minimum atomic E-state index is -0.405. The predicted octanol–water partition coefficient (Wildman–Crippen LogP) is 3.27. The van der Waals surface area contributed by atoms with Crippen LogP contribution in [0.25, 0.3) is 11.3 Å². The molecule has 0 radical (unpaired) electrons. The van der Waals surface area contributed by atoms with Gasteiger partial charge in [-0.15, -0.1) is 0 Å². The van der Waals surface area contributed by atoms with Crippen LogP contribution in [0.15, 0.2) is 22.7 Å². The molecule has 0 aliphatic rings. The highest BCUT2D eigenvalue weighted by Gasteiger charge is 2.19. The molecular formula is C14H17FN2O2. The van der Waals surface area contributed by atoms with Crippen LogP contribution in [-0.2, 0) is 6.42 Å². The van der Waals surface area contributed by atoms with Gasteiger partial charge in [-0.3, -0.25) is 0 Å². The van der Waals surface area contributed by atoms with Gasteiger partial charge in [0.05, 0.1) is 7.11 Å². The van der Waals surface area contributed by atoms with Crippen LogP contribution >= 0.6 is 0 Å². The molecule has 0 saturated carbocycles. The van der Waals surface area contributed by atoms with E-state index in [4.69, 9.17) is 15.0 Å². The topological polar surface area (TPSA) is 61.3 Å². The number of nitrogens with two attached hydrogens (primary N) is 1. The van der Waals surface area contributed by atoms with Gasteiger partial charge in [0.2, 0.25) is 5.88 Å². The number of halogens is 1. The van der Waals surface area contributed by atoms with Gasteiger partial charge in [-0.25, -0.2) is 4.39 Å². The van der Waals surface area contributed by atoms with Gasteiger partial charge in [0.25, 0.3) is 0 Å². The molecule has 0 aliphatic carbocycles. The van der Waals surface area contributed by atoms with Crippen LogP contribution in [0.2, 0.25) is 0 Å². The average molecular weight is 264 g/mol. The van der Waals surface area contributed by atoms with Crippen LogP contribution in [0.3, 0.4) is 0 Å². The normalized spacial score (nSPS) is 11.0. The van der Waals surface area contributed by atoms with Crippen molar-refractivity contribution in [3.63, 3.8) is 0 Å². The lowest BCUT2D eigenvalue weighted by atomic mass is 9.99. The van der Waals surface area contributed by atoms with Crippen molar-refractivity contribution in [3.05, 3.63) is 29.6 Å². The molecule has 2 rings (SSSR count). The number of hydrogen-bond acceptors (Lipinski definition) is 4. The van der Waals surface area contributed by atoms with Crippen LogP contribution in [0.5, 0.6) is 5.75 Å². The molecule has 1 aromatic heterocycles. The minimum absolute atomic E-state index is 0.249. The number of rotatable bonds is 4. The van der Waals surface area contributed by atoms with E-state index in [-0.39, 0.29) is 5.88 Å². The number of hydrogen-bond donors (Lipinski definition) is 1. The smallest absolute Gasteiger partial charge is 0.225 e. The number of anilines is 1. The van der Waals surface area contributed by atoms with Crippen molar-refractivity contribution in [2.45, 2.75) is 20.3 Å². The van der Waals surface area contributed by atoms with Gasteiger partial charge in [-0.1, -0.05) is 19.0 Å². The third-order valence-corrected chi connectivity index (χ3v) is 2.86. The first-order valence-electron chi connectivity index (χ1n) is 6.10. The maximum atomic E-state index is 14.0. The summed E-state index contributed by atoms with van der Waals surface area (Å²) in [6.45, 7) is 4.11. The lowest BCUT2D eigenvalue weighted by molar-refractivity contribution is 0.411. The number of methoxy groups -OCH3 is 1. The molecule has 1 aromatic carbocycles. The lowest BCUT2D eigenvalue weighted by Crippen LogP contribution is -1.99. The number of ether oxygens (including phenoxy) is 1. The fourth-order valence-electron chi connectivity index (χ4n) is 1.95. The molecule has 0 aliphatic heterocycles. The summed E-state index contributed by atoms with van der Waals surface area (Å²) in [6, 6.07) is 4.62. The molecule has 1 heterocycles. The quantitative estimate of drug-likeness (QED) is 0.920. The monoisotopic (exact) mass is 264 g/mol. The Hall–Kier alpha value is -2.04. The second-order valence-electron chi connectivity index (χ2n) is 4.82. The van der Waals surface area contributed by atoms with Gasteiger partial charge in [0.1, 0.15) is 17.3 Å². The minimum Gasteiger partial charge on any atom is -0.497 e. The average Bonchev–Trinajstić information content (AvgIpc) is 2.70. The van der Waals surface area contributed by atoms with Crippen molar-refractivity contribution in [1.29, 1.82) is 0 Å². The van der Waals surface area contributed by atoms with Gasteiger partial charge in [0, 0.05) is 17.2 Å².